The van der Waals surface area contributed by atoms with Gasteiger partial charge in [-0.25, -0.2) is 0 Å². The second-order valence-corrected chi connectivity index (χ2v) is 7.59. The average molecular weight is 503 g/mol. The van der Waals surface area contributed by atoms with Crippen LogP contribution in [-0.2, 0) is 11.8 Å². The first-order chi connectivity index (χ1) is 12.5. The van der Waals surface area contributed by atoms with Gasteiger partial charge in [0.2, 0.25) is 0 Å². The van der Waals surface area contributed by atoms with E-state index in [2.05, 4.69) is 47.0 Å². The number of hydrogen-bond acceptors (Lipinski definition) is 4. The first kappa shape index (κ1) is 23.6. The first-order valence-electron chi connectivity index (χ1n) is 8.69. The Bertz CT molecular complexity index is 718. The van der Waals surface area contributed by atoms with Gasteiger partial charge in [-0.1, -0.05) is 19.9 Å². The molecule has 1 heterocycles. The van der Waals surface area contributed by atoms with E-state index >= 15 is 0 Å². The summed E-state index contributed by atoms with van der Waals surface area (Å²) in [5.41, 5.74) is 1.16. The number of aliphatic imine (C=N–C) groups is 1. The van der Waals surface area contributed by atoms with Gasteiger partial charge in [0.1, 0.15) is 11.5 Å². The van der Waals surface area contributed by atoms with E-state index in [4.69, 9.17) is 9.47 Å². The first-order valence-corrected chi connectivity index (χ1v) is 9.57. The van der Waals surface area contributed by atoms with Gasteiger partial charge in [0, 0.05) is 30.4 Å². The van der Waals surface area contributed by atoms with E-state index in [1.165, 1.54) is 4.88 Å². The third-order valence-electron chi connectivity index (χ3n) is 4.28. The van der Waals surface area contributed by atoms with Crippen LogP contribution < -0.4 is 20.1 Å². The standard InChI is InChI=1S/C20H29N3O2S.HI/c1-20(2,18-7-6-12-26-18)14-23-19(21-3)22-11-10-15-13-16(24-4)8-9-17(15)25-5;/h6-9,12-13H,10-11,14H2,1-5H3,(H2,21,22,23);1H. The number of benzene rings is 1. The van der Waals surface area contributed by atoms with Gasteiger partial charge in [0.15, 0.2) is 5.96 Å². The molecule has 0 amide bonds. The number of nitrogens with one attached hydrogen (secondary N) is 2. The van der Waals surface area contributed by atoms with Crippen molar-refractivity contribution in [1.82, 2.24) is 10.6 Å². The van der Waals surface area contributed by atoms with Crippen LogP contribution in [0, 0.1) is 0 Å². The summed E-state index contributed by atoms with van der Waals surface area (Å²) in [5.74, 6) is 2.51. The Morgan fingerprint density at radius 1 is 1.15 bits per heavy atom. The van der Waals surface area contributed by atoms with Crippen LogP contribution in [0.5, 0.6) is 11.5 Å². The molecule has 5 nitrogen and oxygen atoms in total. The van der Waals surface area contributed by atoms with E-state index in [0.29, 0.717) is 0 Å². The lowest BCUT2D eigenvalue weighted by molar-refractivity contribution is 0.398. The van der Waals surface area contributed by atoms with Crippen LogP contribution in [0.1, 0.15) is 24.3 Å². The van der Waals surface area contributed by atoms with Gasteiger partial charge in [-0.05, 0) is 41.6 Å². The zero-order valence-corrected chi connectivity index (χ0v) is 19.8. The summed E-state index contributed by atoms with van der Waals surface area (Å²) >= 11 is 1.79. The number of ether oxygens (including phenoxy) is 2. The van der Waals surface area contributed by atoms with Crippen molar-refractivity contribution >= 4 is 41.3 Å². The molecule has 0 spiro atoms. The molecule has 2 aromatic rings. The van der Waals surface area contributed by atoms with E-state index in [-0.39, 0.29) is 29.4 Å². The third-order valence-corrected chi connectivity index (χ3v) is 5.52. The van der Waals surface area contributed by atoms with Crippen molar-refractivity contribution in [3.63, 3.8) is 0 Å². The molecule has 2 N–H and O–H groups in total. The largest absolute Gasteiger partial charge is 0.497 e. The minimum Gasteiger partial charge on any atom is -0.497 e. The lowest BCUT2D eigenvalue weighted by Crippen LogP contribution is -2.43. The van der Waals surface area contributed by atoms with Gasteiger partial charge >= 0.3 is 0 Å². The molecule has 0 saturated heterocycles. The van der Waals surface area contributed by atoms with Gasteiger partial charge < -0.3 is 20.1 Å². The van der Waals surface area contributed by atoms with E-state index in [0.717, 1.165) is 42.5 Å². The van der Waals surface area contributed by atoms with Crippen molar-refractivity contribution in [2.24, 2.45) is 4.99 Å². The van der Waals surface area contributed by atoms with Gasteiger partial charge in [-0.3, -0.25) is 4.99 Å². The van der Waals surface area contributed by atoms with Crippen LogP contribution in [0.2, 0.25) is 0 Å². The quantitative estimate of drug-likeness (QED) is 0.324. The summed E-state index contributed by atoms with van der Waals surface area (Å²) in [4.78, 5) is 5.68. The minimum atomic E-state index is 0. The van der Waals surface area contributed by atoms with E-state index in [1.54, 1.807) is 32.6 Å². The number of nitrogens with zero attached hydrogens (tertiary/aromatic N) is 1. The molecule has 0 aliphatic carbocycles. The summed E-state index contributed by atoms with van der Waals surface area (Å²) in [6.07, 6.45) is 0.815. The molecule has 0 fully saturated rings. The molecule has 27 heavy (non-hydrogen) atoms. The molecule has 7 heteroatoms. The summed E-state index contributed by atoms with van der Waals surface area (Å²) in [6, 6.07) is 10.1. The fourth-order valence-corrected chi connectivity index (χ4v) is 3.52. The molecular weight excluding hydrogens is 473 g/mol. The molecule has 1 aromatic heterocycles. The van der Waals surface area contributed by atoms with Crippen LogP contribution in [0.3, 0.4) is 0 Å². The highest BCUT2D eigenvalue weighted by Crippen LogP contribution is 2.26. The van der Waals surface area contributed by atoms with Gasteiger partial charge in [-0.2, -0.15) is 0 Å². The van der Waals surface area contributed by atoms with Crippen LogP contribution >= 0.6 is 35.3 Å². The molecule has 1 aromatic carbocycles. The summed E-state index contributed by atoms with van der Waals surface area (Å²) in [7, 11) is 5.15. The Hall–Kier alpha value is -1.48. The lowest BCUT2D eigenvalue weighted by atomic mass is 9.91. The fourth-order valence-electron chi connectivity index (χ4n) is 2.67. The molecule has 0 radical (unpaired) electrons. The maximum atomic E-state index is 5.43. The van der Waals surface area contributed by atoms with Gasteiger partial charge in [-0.15, -0.1) is 35.3 Å². The molecule has 2 rings (SSSR count). The molecular formula is C20H30IN3O2S. The lowest BCUT2D eigenvalue weighted by Gasteiger charge is -2.25. The number of methoxy groups -OCH3 is 2. The molecule has 150 valence electrons. The van der Waals surface area contributed by atoms with Crippen LogP contribution in [0.15, 0.2) is 40.7 Å². The van der Waals surface area contributed by atoms with E-state index in [1.807, 2.05) is 18.2 Å². The Kier molecular flexibility index (Phi) is 9.93. The number of guanidine groups is 1. The number of halogens is 1. The Labute approximate surface area is 183 Å². The topological polar surface area (TPSA) is 54.9 Å². The molecule has 0 saturated carbocycles. The summed E-state index contributed by atoms with van der Waals surface area (Å²) in [5, 5.41) is 8.91. The molecule has 0 aliphatic rings. The van der Waals surface area contributed by atoms with Crippen LogP contribution in [-0.4, -0.2) is 40.3 Å². The zero-order chi connectivity index (χ0) is 19.0. The SMILES string of the molecule is CN=C(NCCc1cc(OC)ccc1OC)NCC(C)(C)c1cccs1.I. The summed E-state index contributed by atoms with van der Waals surface area (Å²) in [6.45, 7) is 6.04. The molecule has 0 bridgehead atoms. The van der Waals surface area contributed by atoms with Crippen molar-refractivity contribution in [3.05, 3.63) is 46.2 Å². The number of rotatable bonds is 8. The highest BCUT2D eigenvalue weighted by Gasteiger charge is 2.21. The monoisotopic (exact) mass is 503 g/mol. The average Bonchev–Trinajstić information content (AvgIpc) is 3.20. The molecule has 0 unspecified atom stereocenters. The predicted molar refractivity (Wildman–Crippen MR) is 125 cm³/mol. The van der Waals surface area contributed by atoms with Crippen molar-refractivity contribution in [1.29, 1.82) is 0 Å². The van der Waals surface area contributed by atoms with Crippen molar-refractivity contribution in [3.8, 4) is 11.5 Å². The van der Waals surface area contributed by atoms with Crippen molar-refractivity contribution in [2.45, 2.75) is 25.7 Å². The predicted octanol–water partition coefficient (Wildman–Crippen LogP) is 4.07. The molecule has 0 atom stereocenters. The van der Waals surface area contributed by atoms with Crippen LogP contribution in [0.4, 0.5) is 0 Å². The fraction of sp³-hybridized carbons (Fsp3) is 0.450. The second kappa shape index (κ2) is 11.4. The Morgan fingerprint density at radius 2 is 1.93 bits per heavy atom. The smallest absolute Gasteiger partial charge is 0.191 e. The second-order valence-electron chi connectivity index (χ2n) is 6.64. The maximum Gasteiger partial charge on any atom is 0.191 e. The Balaban J connectivity index is 0.00000364. The minimum absolute atomic E-state index is 0. The van der Waals surface area contributed by atoms with Crippen molar-refractivity contribution < 1.29 is 9.47 Å². The zero-order valence-electron chi connectivity index (χ0n) is 16.7. The number of thiophene rings is 1. The number of hydrogen-bond donors (Lipinski definition) is 2. The third kappa shape index (κ3) is 6.88. The van der Waals surface area contributed by atoms with Gasteiger partial charge in [0.25, 0.3) is 0 Å². The summed E-state index contributed by atoms with van der Waals surface area (Å²) < 4.78 is 10.7. The highest BCUT2D eigenvalue weighted by atomic mass is 127. The Morgan fingerprint density at radius 3 is 2.52 bits per heavy atom. The van der Waals surface area contributed by atoms with Crippen molar-refractivity contribution in [2.75, 3.05) is 34.4 Å². The maximum absolute atomic E-state index is 5.43. The van der Waals surface area contributed by atoms with Gasteiger partial charge in [0.05, 0.1) is 14.2 Å². The normalized spacial score (nSPS) is 11.5. The van der Waals surface area contributed by atoms with Crippen LogP contribution in [0.25, 0.3) is 0 Å². The van der Waals surface area contributed by atoms with E-state index in [9.17, 15) is 0 Å². The molecule has 0 aliphatic heterocycles. The van der Waals surface area contributed by atoms with E-state index < -0.39 is 0 Å². The highest BCUT2D eigenvalue weighted by molar-refractivity contribution is 14.0.